The quantitative estimate of drug-likeness (QED) is 0.765. The fourth-order valence-electron chi connectivity index (χ4n) is 1.45. The van der Waals surface area contributed by atoms with Crippen LogP contribution in [0.2, 0.25) is 0 Å². The van der Waals surface area contributed by atoms with Gasteiger partial charge >= 0.3 is 5.69 Å². The van der Waals surface area contributed by atoms with E-state index in [1.54, 1.807) is 17.0 Å². The number of aromatic nitrogens is 2. The van der Waals surface area contributed by atoms with Crippen LogP contribution in [-0.2, 0) is 6.42 Å². The molecule has 0 saturated heterocycles. The number of hydrogen-bond donors (Lipinski definition) is 1. The standard InChI is InChI=1S/C11H12N2O/c1-2-9-4-3-5-10(8-9)13-7-6-12-11(13)14/h3-8H,2H2,1H3,(H,12,14). The first kappa shape index (κ1) is 8.81. The van der Waals surface area contributed by atoms with E-state index in [1.807, 2.05) is 18.2 Å². The third-order valence-corrected chi connectivity index (χ3v) is 2.25. The molecule has 0 unspecified atom stereocenters. The minimum atomic E-state index is -0.0988. The van der Waals surface area contributed by atoms with Crippen molar-refractivity contribution in [2.45, 2.75) is 13.3 Å². The van der Waals surface area contributed by atoms with Crippen molar-refractivity contribution in [3.63, 3.8) is 0 Å². The van der Waals surface area contributed by atoms with E-state index in [0.29, 0.717) is 0 Å². The summed E-state index contributed by atoms with van der Waals surface area (Å²) >= 11 is 0. The molecule has 1 aromatic heterocycles. The molecule has 0 aliphatic rings. The molecule has 1 heterocycles. The van der Waals surface area contributed by atoms with E-state index in [4.69, 9.17) is 0 Å². The second-order valence-electron chi connectivity index (χ2n) is 3.16. The molecule has 0 aliphatic heterocycles. The number of hydrogen-bond acceptors (Lipinski definition) is 1. The van der Waals surface area contributed by atoms with Crippen LogP contribution in [0.4, 0.5) is 0 Å². The predicted octanol–water partition coefficient (Wildman–Crippen LogP) is 1.73. The fourth-order valence-corrected chi connectivity index (χ4v) is 1.45. The van der Waals surface area contributed by atoms with Gasteiger partial charge in [-0.15, -0.1) is 0 Å². The molecule has 2 aromatic rings. The lowest BCUT2D eigenvalue weighted by Crippen LogP contribution is -2.13. The van der Waals surface area contributed by atoms with E-state index in [0.717, 1.165) is 12.1 Å². The zero-order valence-corrected chi connectivity index (χ0v) is 8.03. The minimum absolute atomic E-state index is 0.0988. The lowest BCUT2D eigenvalue weighted by atomic mass is 10.1. The summed E-state index contributed by atoms with van der Waals surface area (Å²) in [5.74, 6) is 0. The Hall–Kier alpha value is -1.77. The zero-order valence-electron chi connectivity index (χ0n) is 8.03. The van der Waals surface area contributed by atoms with E-state index < -0.39 is 0 Å². The number of aryl methyl sites for hydroxylation is 1. The Labute approximate surface area is 82.0 Å². The van der Waals surface area contributed by atoms with Crippen LogP contribution in [0.25, 0.3) is 5.69 Å². The summed E-state index contributed by atoms with van der Waals surface area (Å²) in [4.78, 5) is 13.9. The average Bonchev–Trinajstić information content (AvgIpc) is 2.65. The molecule has 0 fully saturated rings. The molecule has 1 aromatic carbocycles. The van der Waals surface area contributed by atoms with Gasteiger partial charge in [-0.25, -0.2) is 4.79 Å². The highest BCUT2D eigenvalue weighted by Gasteiger charge is 1.99. The molecule has 72 valence electrons. The molecule has 0 amide bonds. The van der Waals surface area contributed by atoms with Gasteiger partial charge in [0.1, 0.15) is 0 Å². The van der Waals surface area contributed by atoms with Crippen LogP contribution in [0.15, 0.2) is 41.5 Å². The van der Waals surface area contributed by atoms with Crippen LogP contribution in [0.3, 0.4) is 0 Å². The fraction of sp³-hybridized carbons (Fsp3) is 0.182. The number of aromatic amines is 1. The van der Waals surface area contributed by atoms with Crippen molar-refractivity contribution in [1.82, 2.24) is 9.55 Å². The van der Waals surface area contributed by atoms with Gasteiger partial charge in [0.05, 0.1) is 5.69 Å². The molecule has 0 bridgehead atoms. The highest BCUT2D eigenvalue weighted by atomic mass is 16.1. The second kappa shape index (κ2) is 3.54. The van der Waals surface area contributed by atoms with E-state index in [9.17, 15) is 4.79 Å². The first-order valence-electron chi connectivity index (χ1n) is 4.66. The summed E-state index contributed by atoms with van der Waals surface area (Å²) in [5.41, 5.74) is 2.05. The van der Waals surface area contributed by atoms with Crippen LogP contribution in [0.5, 0.6) is 0 Å². The molecule has 0 saturated carbocycles. The second-order valence-corrected chi connectivity index (χ2v) is 3.16. The van der Waals surface area contributed by atoms with Crippen LogP contribution >= 0.6 is 0 Å². The van der Waals surface area contributed by atoms with E-state index in [1.165, 1.54) is 5.56 Å². The van der Waals surface area contributed by atoms with Crippen molar-refractivity contribution in [2.75, 3.05) is 0 Å². The van der Waals surface area contributed by atoms with Crippen LogP contribution in [-0.4, -0.2) is 9.55 Å². The first-order chi connectivity index (χ1) is 6.81. The number of benzene rings is 1. The molecule has 0 atom stereocenters. The lowest BCUT2D eigenvalue weighted by Gasteiger charge is -2.02. The maximum Gasteiger partial charge on any atom is 0.330 e. The van der Waals surface area contributed by atoms with Crippen LogP contribution in [0, 0.1) is 0 Å². The summed E-state index contributed by atoms with van der Waals surface area (Å²) in [6.07, 6.45) is 4.35. The van der Waals surface area contributed by atoms with E-state index in [2.05, 4.69) is 18.0 Å². The Balaban J connectivity index is 2.52. The van der Waals surface area contributed by atoms with Gasteiger partial charge in [-0.2, -0.15) is 0 Å². The Bertz CT molecular complexity index is 482. The Morgan fingerprint density at radius 3 is 2.93 bits per heavy atom. The van der Waals surface area contributed by atoms with Crippen LogP contribution < -0.4 is 5.69 Å². The third kappa shape index (κ3) is 1.48. The van der Waals surface area contributed by atoms with Gasteiger partial charge in [-0.05, 0) is 24.1 Å². The highest BCUT2D eigenvalue weighted by molar-refractivity contribution is 5.35. The predicted molar refractivity (Wildman–Crippen MR) is 55.8 cm³/mol. The normalized spacial score (nSPS) is 10.4. The van der Waals surface area contributed by atoms with Gasteiger partial charge in [-0.1, -0.05) is 19.1 Å². The molecule has 1 N–H and O–H groups in total. The van der Waals surface area contributed by atoms with Crippen molar-refractivity contribution >= 4 is 0 Å². The molecule has 14 heavy (non-hydrogen) atoms. The Morgan fingerprint density at radius 1 is 1.43 bits per heavy atom. The Morgan fingerprint density at radius 2 is 2.29 bits per heavy atom. The number of imidazole rings is 1. The van der Waals surface area contributed by atoms with E-state index in [-0.39, 0.29) is 5.69 Å². The maximum absolute atomic E-state index is 11.3. The first-order valence-corrected chi connectivity index (χ1v) is 4.66. The lowest BCUT2D eigenvalue weighted by molar-refractivity contribution is 0.979. The average molecular weight is 188 g/mol. The van der Waals surface area contributed by atoms with Crippen molar-refractivity contribution < 1.29 is 0 Å². The molecular weight excluding hydrogens is 176 g/mol. The maximum atomic E-state index is 11.3. The van der Waals surface area contributed by atoms with Crippen molar-refractivity contribution in [2.24, 2.45) is 0 Å². The third-order valence-electron chi connectivity index (χ3n) is 2.25. The number of nitrogens with zero attached hydrogens (tertiary/aromatic N) is 1. The van der Waals surface area contributed by atoms with Gasteiger partial charge < -0.3 is 4.98 Å². The van der Waals surface area contributed by atoms with Gasteiger partial charge in [0.25, 0.3) is 0 Å². The summed E-state index contributed by atoms with van der Waals surface area (Å²) in [6, 6.07) is 7.97. The zero-order chi connectivity index (χ0) is 9.97. The van der Waals surface area contributed by atoms with Gasteiger partial charge in [0.15, 0.2) is 0 Å². The SMILES string of the molecule is CCc1cccc(-n2cc[nH]c2=O)c1. The highest BCUT2D eigenvalue weighted by Crippen LogP contribution is 2.08. The van der Waals surface area contributed by atoms with Crippen molar-refractivity contribution in [3.05, 3.63) is 52.7 Å². The molecule has 0 radical (unpaired) electrons. The molecular formula is C11H12N2O. The monoisotopic (exact) mass is 188 g/mol. The minimum Gasteiger partial charge on any atom is -0.312 e. The number of H-pyrrole nitrogens is 1. The summed E-state index contributed by atoms with van der Waals surface area (Å²) in [5, 5.41) is 0. The van der Waals surface area contributed by atoms with Crippen molar-refractivity contribution in [1.29, 1.82) is 0 Å². The van der Waals surface area contributed by atoms with E-state index >= 15 is 0 Å². The van der Waals surface area contributed by atoms with Crippen LogP contribution in [0.1, 0.15) is 12.5 Å². The summed E-state index contributed by atoms with van der Waals surface area (Å²) in [7, 11) is 0. The van der Waals surface area contributed by atoms with Gasteiger partial charge in [-0.3, -0.25) is 4.57 Å². The van der Waals surface area contributed by atoms with Gasteiger partial charge in [0, 0.05) is 12.4 Å². The largest absolute Gasteiger partial charge is 0.330 e. The van der Waals surface area contributed by atoms with Gasteiger partial charge in [0.2, 0.25) is 0 Å². The molecule has 0 spiro atoms. The molecule has 3 heteroatoms. The smallest absolute Gasteiger partial charge is 0.312 e. The number of rotatable bonds is 2. The molecule has 3 nitrogen and oxygen atoms in total. The summed E-state index contributed by atoms with van der Waals surface area (Å²) in [6.45, 7) is 2.10. The molecule has 0 aliphatic carbocycles. The number of nitrogens with one attached hydrogen (secondary N) is 1. The Kier molecular flexibility index (Phi) is 2.23. The van der Waals surface area contributed by atoms with Crippen molar-refractivity contribution in [3.8, 4) is 5.69 Å². The molecule has 2 rings (SSSR count). The summed E-state index contributed by atoms with van der Waals surface area (Å²) < 4.78 is 1.60. The topological polar surface area (TPSA) is 37.8 Å².